The van der Waals surface area contributed by atoms with Crippen molar-refractivity contribution >= 4 is 5.91 Å². The van der Waals surface area contributed by atoms with Crippen molar-refractivity contribution in [1.29, 1.82) is 0 Å². The molecule has 1 atom stereocenters. The normalized spacial score (nSPS) is 12.2. The molecule has 4 nitrogen and oxygen atoms in total. The van der Waals surface area contributed by atoms with E-state index < -0.39 is 6.10 Å². The zero-order valence-electron chi connectivity index (χ0n) is 8.32. The molecule has 1 aromatic heterocycles. The molecule has 0 spiro atoms. The van der Waals surface area contributed by atoms with Crippen LogP contribution in [0.25, 0.3) is 0 Å². The number of nitrogens with one attached hydrogen (secondary N) is 1. The molecule has 0 aliphatic carbocycles. The Morgan fingerprint density at radius 1 is 1.71 bits per heavy atom. The fourth-order valence-electron chi connectivity index (χ4n) is 1.05. The third-order valence-corrected chi connectivity index (χ3v) is 1.78. The van der Waals surface area contributed by atoms with Crippen molar-refractivity contribution in [2.45, 2.75) is 20.0 Å². The minimum absolute atomic E-state index is 0.245. The average Bonchev–Trinajstić information content (AvgIpc) is 2.15. The number of carbonyl (C=O) groups is 1. The van der Waals surface area contributed by atoms with E-state index >= 15 is 0 Å². The standard InChI is InChI=1S/C10H14N2O2/c1-7-4-3-5-11-9(7)10(14)12-6-8(2)13/h3-5,8,13H,6H2,1-2H3,(H,12,14). The van der Waals surface area contributed by atoms with E-state index in [-0.39, 0.29) is 12.5 Å². The molecular formula is C10H14N2O2. The molecule has 0 radical (unpaired) electrons. The van der Waals surface area contributed by atoms with Crippen LogP contribution < -0.4 is 5.32 Å². The van der Waals surface area contributed by atoms with E-state index in [2.05, 4.69) is 10.3 Å². The number of rotatable bonds is 3. The van der Waals surface area contributed by atoms with Crippen LogP contribution in [0.1, 0.15) is 23.0 Å². The van der Waals surface area contributed by atoms with Crippen molar-refractivity contribution in [2.75, 3.05) is 6.54 Å². The smallest absolute Gasteiger partial charge is 0.270 e. The van der Waals surface area contributed by atoms with Crippen LogP contribution in [0.5, 0.6) is 0 Å². The van der Waals surface area contributed by atoms with Gasteiger partial charge in [0.05, 0.1) is 6.10 Å². The molecule has 0 aliphatic heterocycles. The van der Waals surface area contributed by atoms with Crippen LogP contribution in [-0.2, 0) is 0 Å². The number of aliphatic hydroxyl groups is 1. The van der Waals surface area contributed by atoms with E-state index in [4.69, 9.17) is 5.11 Å². The van der Waals surface area contributed by atoms with Crippen LogP contribution in [0, 0.1) is 6.92 Å². The van der Waals surface area contributed by atoms with Crippen molar-refractivity contribution in [1.82, 2.24) is 10.3 Å². The number of hydrogen-bond donors (Lipinski definition) is 2. The fraction of sp³-hybridized carbons (Fsp3) is 0.400. The van der Waals surface area contributed by atoms with E-state index in [0.717, 1.165) is 5.56 Å². The minimum Gasteiger partial charge on any atom is -0.392 e. The highest BCUT2D eigenvalue weighted by atomic mass is 16.3. The van der Waals surface area contributed by atoms with Gasteiger partial charge in [-0.1, -0.05) is 6.07 Å². The van der Waals surface area contributed by atoms with Crippen molar-refractivity contribution in [3.63, 3.8) is 0 Å². The van der Waals surface area contributed by atoms with Crippen molar-refractivity contribution in [2.24, 2.45) is 0 Å². The lowest BCUT2D eigenvalue weighted by Crippen LogP contribution is -2.31. The van der Waals surface area contributed by atoms with Crippen molar-refractivity contribution < 1.29 is 9.90 Å². The van der Waals surface area contributed by atoms with Gasteiger partial charge in [0.15, 0.2) is 0 Å². The maximum absolute atomic E-state index is 11.5. The van der Waals surface area contributed by atoms with Gasteiger partial charge in [0.1, 0.15) is 5.69 Å². The van der Waals surface area contributed by atoms with Crippen LogP contribution in [0.2, 0.25) is 0 Å². The van der Waals surface area contributed by atoms with Crippen molar-refractivity contribution in [3.05, 3.63) is 29.6 Å². The van der Waals surface area contributed by atoms with E-state index in [9.17, 15) is 4.79 Å². The Hall–Kier alpha value is -1.42. The molecule has 2 N–H and O–H groups in total. The van der Waals surface area contributed by atoms with Crippen LogP contribution in [0.15, 0.2) is 18.3 Å². The zero-order valence-corrected chi connectivity index (χ0v) is 8.32. The molecule has 4 heteroatoms. The van der Waals surface area contributed by atoms with E-state index in [1.807, 2.05) is 13.0 Å². The summed E-state index contributed by atoms with van der Waals surface area (Å²) in [6.45, 7) is 3.69. The second-order valence-electron chi connectivity index (χ2n) is 3.23. The number of amides is 1. The first-order chi connectivity index (χ1) is 6.61. The Kier molecular flexibility index (Phi) is 3.59. The van der Waals surface area contributed by atoms with Gasteiger partial charge in [-0.2, -0.15) is 0 Å². The quantitative estimate of drug-likeness (QED) is 0.736. The summed E-state index contributed by atoms with van der Waals surface area (Å²) in [5.74, 6) is -0.246. The molecule has 0 saturated heterocycles. The zero-order chi connectivity index (χ0) is 10.6. The first kappa shape index (κ1) is 10.7. The van der Waals surface area contributed by atoms with Gasteiger partial charge in [0.2, 0.25) is 0 Å². The molecule has 0 saturated carbocycles. The topological polar surface area (TPSA) is 62.2 Å². The molecule has 1 rings (SSSR count). The molecule has 76 valence electrons. The molecule has 0 aliphatic rings. The summed E-state index contributed by atoms with van der Waals surface area (Å²) in [6, 6.07) is 3.60. The van der Waals surface area contributed by atoms with Gasteiger partial charge in [-0.15, -0.1) is 0 Å². The Bertz CT molecular complexity index is 324. The molecule has 0 aromatic carbocycles. The predicted octanol–water partition coefficient (Wildman–Crippen LogP) is 0.501. The predicted molar refractivity (Wildman–Crippen MR) is 53.0 cm³/mol. The lowest BCUT2D eigenvalue weighted by atomic mass is 10.2. The Labute approximate surface area is 83.0 Å². The number of pyridine rings is 1. The third kappa shape index (κ3) is 2.81. The Morgan fingerprint density at radius 3 is 3.00 bits per heavy atom. The molecule has 1 amide bonds. The number of carbonyl (C=O) groups excluding carboxylic acids is 1. The monoisotopic (exact) mass is 194 g/mol. The molecule has 1 aromatic rings. The summed E-state index contributed by atoms with van der Waals surface area (Å²) in [7, 11) is 0. The van der Waals surface area contributed by atoms with Gasteiger partial charge in [0.25, 0.3) is 5.91 Å². The summed E-state index contributed by atoms with van der Waals surface area (Å²) < 4.78 is 0. The highest BCUT2D eigenvalue weighted by molar-refractivity contribution is 5.93. The molecule has 1 unspecified atom stereocenters. The largest absolute Gasteiger partial charge is 0.392 e. The highest BCUT2D eigenvalue weighted by Gasteiger charge is 2.09. The first-order valence-corrected chi connectivity index (χ1v) is 4.49. The van der Waals surface area contributed by atoms with Crippen LogP contribution in [0.4, 0.5) is 0 Å². The van der Waals surface area contributed by atoms with E-state index in [1.54, 1.807) is 19.2 Å². The van der Waals surface area contributed by atoms with Gasteiger partial charge < -0.3 is 10.4 Å². The Balaban J connectivity index is 2.65. The first-order valence-electron chi connectivity index (χ1n) is 4.49. The van der Waals surface area contributed by atoms with Crippen molar-refractivity contribution in [3.8, 4) is 0 Å². The number of aryl methyl sites for hydroxylation is 1. The molecule has 14 heavy (non-hydrogen) atoms. The fourth-order valence-corrected chi connectivity index (χ4v) is 1.05. The minimum atomic E-state index is -0.539. The SMILES string of the molecule is Cc1cccnc1C(=O)NCC(C)O. The lowest BCUT2D eigenvalue weighted by molar-refractivity contribution is 0.0918. The summed E-state index contributed by atoms with van der Waals surface area (Å²) in [4.78, 5) is 15.4. The molecule has 1 heterocycles. The second-order valence-corrected chi connectivity index (χ2v) is 3.23. The second kappa shape index (κ2) is 4.72. The Morgan fingerprint density at radius 2 is 2.43 bits per heavy atom. The van der Waals surface area contributed by atoms with Gasteiger partial charge in [-0.05, 0) is 25.5 Å². The average molecular weight is 194 g/mol. The van der Waals surface area contributed by atoms with Gasteiger partial charge in [0, 0.05) is 12.7 Å². The maximum Gasteiger partial charge on any atom is 0.270 e. The summed E-state index contributed by atoms with van der Waals surface area (Å²) in [5.41, 5.74) is 1.24. The van der Waals surface area contributed by atoms with E-state index in [1.165, 1.54) is 0 Å². The van der Waals surface area contributed by atoms with E-state index in [0.29, 0.717) is 5.69 Å². The van der Waals surface area contributed by atoms with Crippen LogP contribution in [0.3, 0.4) is 0 Å². The van der Waals surface area contributed by atoms with Gasteiger partial charge in [-0.25, -0.2) is 0 Å². The summed E-state index contributed by atoms with van der Waals surface area (Å²) in [5, 5.41) is 11.6. The third-order valence-electron chi connectivity index (χ3n) is 1.78. The summed E-state index contributed by atoms with van der Waals surface area (Å²) >= 11 is 0. The van der Waals surface area contributed by atoms with Crippen LogP contribution in [-0.4, -0.2) is 28.6 Å². The van der Waals surface area contributed by atoms with Gasteiger partial charge in [-0.3, -0.25) is 9.78 Å². The van der Waals surface area contributed by atoms with Gasteiger partial charge >= 0.3 is 0 Å². The summed E-state index contributed by atoms with van der Waals surface area (Å²) in [6.07, 6.45) is 1.03. The maximum atomic E-state index is 11.5. The molecular weight excluding hydrogens is 180 g/mol. The van der Waals surface area contributed by atoms with Crippen LogP contribution >= 0.6 is 0 Å². The number of aromatic nitrogens is 1. The molecule has 0 bridgehead atoms. The number of aliphatic hydroxyl groups excluding tert-OH is 1. The lowest BCUT2D eigenvalue weighted by Gasteiger charge is -2.07. The molecule has 0 fully saturated rings. The number of nitrogens with zero attached hydrogens (tertiary/aromatic N) is 1. The highest BCUT2D eigenvalue weighted by Crippen LogP contribution is 2.02. The number of hydrogen-bond acceptors (Lipinski definition) is 3.